The number of ether oxygens (including phenoxy) is 3. The Morgan fingerprint density at radius 3 is 0.819 bits per heavy atom. The van der Waals surface area contributed by atoms with Crippen LogP contribution in [0.4, 0.5) is 0 Å². The van der Waals surface area contributed by atoms with Crippen LogP contribution in [-0.2, 0) is 28.6 Å². The smallest absolute Gasteiger partial charge is 0.306 e. The molecular weight excluding hydrogens is 1020 g/mol. The van der Waals surface area contributed by atoms with Crippen molar-refractivity contribution in [1.29, 1.82) is 0 Å². The maximum Gasteiger partial charge on any atom is 0.306 e. The standard InChI is InChI=1S/C77H128O6/c1-4-7-10-13-16-19-22-24-26-28-30-32-34-35-36-37-38-39-40-41-42-43-44-46-47-49-51-53-55-58-61-64-67-70-76(79)82-73-74(72-81-75(78)69-66-63-60-57-21-18-15-12-9-6-3)83-77(80)71-68-65-62-59-56-54-52-50-48-45-33-31-29-27-25-23-20-17-14-11-8-5-2/h7,10,12,15-16,19,24,26,30,32,35-36,38-39,41-42,44,46,49,51,55,58,74H,4-6,8-9,11,13-14,17-18,20-23,25,27-29,31,33-34,37,40,43,45,47-48,50,52-54,56-57,59-73H2,1-3H3/b10-7-,15-12-,19-16-,26-24-,32-30-,36-35-,39-38-,42-41-,46-44-,51-49-,58-55-. The molecule has 0 aliphatic heterocycles. The molecule has 0 amide bonds. The molecule has 0 N–H and O–H groups in total. The number of esters is 3. The van der Waals surface area contributed by atoms with E-state index in [1.54, 1.807) is 0 Å². The lowest BCUT2D eigenvalue weighted by atomic mass is 10.0. The molecule has 0 fully saturated rings. The number of carbonyl (C=O) groups is 3. The summed E-state index contributed by atoms with van der Waals surface area (Å²) in [5.41, 5.74) is 0. The summed E-state index contributed by atoms with van der Waals surface area (Å²) in [7, 11) is 0. The lowest BCUT2D eigenvalue weighted by Crippen LogP contribution is -2.30. The topological polar surface area (TPSA) is 78.9 Å². The molecular formula is C77H128O6. The average Bonchev–Trinajstić information content (AvgIpc) is 3.49. The van der Waals surface area contributed by atoms with Crippen LogP contribution in [-0.4, -0.2) is 37.2 Å². The van der Waals surface area contributed by atoms with Crippen LogP contribution in [0.1, 0.15) is 316 Å². The van der Waals surface area contributed by atoms with E-state index in [0.29, 0.717) is 25.7 Å². The highest BCUT2D eigenvalue weighted by Gasteiger charge is 2.19. The predicted molar refractivity (Wildman–Crippen MR) is 362 cm³/mol. The number of allylic oxidation sites excluding steroid dienone is 22. The first-order chi connectivity index (χ1) is 41.0. The molecule has 0 radical (unpaired) electrons. The lowest BCUT2D eigenvalue weighted by Gasteiger charge is -2.18. The van der Waals surface area contributed by atoms with Crippen molar-refractivity contribution in [3.05, 3.63) is 134 Å². The van der Waals surface area contributed by atoms with Crippen LogP contribution >= 0.6 is 0 Å². The third-order valence-electron chi connectivity index (χ3n) is 14.6. The number of carbonyl (C=O) groups excluding carboxylic acids is 3. The molecule has 0 aromatic carbocycles. The Hall–Kier alpha value is -4.45. The van der Waals surface area contributed by atoms with Gasteiger partial charge in [-0.25, -0.2) is 0 Å². The van der Waals surface area contributed by atoms with E-state index in [0.717, 1.165) is 135 Å². The highest BCUT2D eigenvalue weighted by atomic mass is 16.6. The average molecular weight is 1150 g/mol. The molecule has 0 bridgehead atoms. The normalized spacial score (nSPS) is 13.0. The number of unbranched alkanes of at least 4 members (excludes halogenated alkanes) is 29. The van der Waals surface area contributed by atoms with Gasteiger partial charge in [0, 0.05) is 19.3 Å². The Kier molecular flexibility index (Phi) is 66.3. The molecule has 6 heteroatoms. The summed E-state index contributed by atoms with van der Waals surface area (Å²) >= 11 is 0. The van der Waals surface area contributed by atoms with Crippen LogP contribution < -0.4 is 0 Å². The molecule has 0 heterocycles. The Labute approximate surface area is 513 Å². The van der Waals surface area contributed by atoms with Gasteiger partial charge in [-0.15, -0.1) is 0 Å². The summed E-state index contributed by atoms with van der Waals surface area (Å²) in [5, 5.41) is 0. The second-order valence-corrected chi connectivity index (χ2v) is 22.7. The van der Waals surface area contributed by atoms with E-state index >= 15 is 0 Å². The van der Waals surface area contributed by atoms with Crippen molar-refractivity contribution in [2.24, 2.45) is 0 Å². The minimum absolute atomic E-state index is 0.0967. The molecule has 83 heavy (non-hydrogen) atoms. The fourth-order valence-electron chi connectivity index (χ4n) is 9.47. The van der Waals surface area contributed by atoms with Gasteiger partial charge in [0.15, 0.2) is 6.10 Å². The Balaban J connectivity index is 4.31. The third kappa shape index (κ3) is 68.2. The van der Waals surface area contributed by atoms with Gasteiger partial charge in [0.05, 0.1) is 0 Å². The van der Waals surface area contributed by atoms with E-state index in [1.165, 1.54) is 135 Å². The first kappa shape index (κ1) is 78.5. The zero-order chi connectivity index (χ0) is 59.9. The van der Waals surface area contributed by atoms with Crippen molar-refractivity contribution in [1.82, 2.24) is 0 Å². The quantitative estimate of drug-likeness (QED) is 0.0261. The molecule has 472 valence electrons. The monoisotopic (exact) mass is 1150 g/mol. The van der Waals surface area contributed by atoms with Crippen LogP contribution in [0.15, 0.2) is 134 Å². The number of hydrogen-bond donors (Lipinski definition) is 0. The molecule has 0 aromatic heterocycles. The van der Waals surface area contributed by atoms with Gasteiger partial charge in [0.1, 0.15) is 13.2 Å². The van der Waals surface area contributed by atoms with Crippen LogP contribution in [0, 0.1) is 0 Å². The molecule has 0 aliphatic rings. The van der Waals surface area contributed by atoms with Crippen LogP contribution in [0.2, 0.25) is 0 Å². The number of rotatable bonds is 62. The van der Waals surface area contributed by atoms with E-state index in [9.17, 15) is 14.4 Å². The van der Waals surface area contributed by atoms with E-state index in [2.05, 4.69) is 154 Å². The molecule has 0 saturated heterocycles. The van der Waals surface area contributed by atoms with Crippen molar-refractivity contribution in [2.75, 3.05) is 13.2 Å². The van der Waals surface area contributed by atoms with Crippen molar-refractivity contribution >= 4 is 17.9 Å². The van der Waals surface area contributed by atoms with Gasteiger partial charge in [0.2, 0.25) is 0 Å². The Bertz CT molecular complexity index is 1750. The fourth-order valence-corrected chi connectivity index (χ4v) is 9.47. The fraction of sp³-hybridized carbons (Fsp3) is 0.675. The maximum absolute atomic E-state index is 12.9. The van der Waals surface area contributed by atoms with Gasteiger partial charge in [0.25, 0.3) is 0 Å². The van der Waals surface area contributed by atoms with E-state index in [-0.39, 0.29) is 31.1 Å². The summed E-state index contributed by atoms with van der Waals surface area (Å²) in [6, 6.07) is 0. The summed E-state index contributed by atoms with van der Waals surface area (Å²) < 4.78 is 16.9. The predicted octanol–water partition coefficient (Wildman–Crippen LogP) is 24.1. The molecule has 1 unspecified atom stereocenters. The second kappa shape index (κ2) is 70.0. The van der Waals surface area contributed by atoms with Crippen molar-refractivity contribution in [2.45, 2.75) is 322 Å². The van der Waals surface area contributed by atoms with Crippen LogP contribution in [0.5, 0.6) is 0 Å². The van der Waals surface area contributed by atoms with Gasteiger partial charge in [-0.1, -0.05) is 315 Å². The zero-order valence-electron chi connectivity index (χ0n) is 54.2. The van der Waals surface area contributed by atoms with Crippen molar-refractivity contribution in [3.8, 4) is 0 Å². The number of hydrogen-bond acceptors (Lipinski definition) is 6. The van der Waals surface area contributed by atoms with Crippen LogP contribution in [0.25, 0.3) is 0 Å². The molecule has 0 rings (SSSR count). The molecule has 0 aromatic rings. The molecule has 0 spiro atoms. The van der Waals surface area contributed by atoms with Gasteiger partial charge in [-0.3, -0.25) is 14.4 Å². The van der Waals surface area contributed by atoms with Gasteiger partial charge in [-0.05, 0) is 116 Å². The molecule has 0 saturated carbocycles. The lowest BCUT2D eigenvalue weighted by molar-refractivity contribution is -0.167. The third-order valence-corrected chi connectivity index (χ3v) is 14.6. The minimum Gasteiger partial charge on any atom is -0.462 e. The molecule has 1 atom stereocenters. The van der Waals surface area contributed by atoms with Crippen molar-refractivity contribution < 1.29 is 28.6 Å². The van der Waals surface area contributed by atoms with Crippen molar-refractivity contribution in [3.63, 3.8) is 0 Å². The largest absolute Gasteiger partial charge is 0.462 e. The van der Waals surface area contributed by atoms with Crippen LogP contribution in [0.3, 0.4) is 0 Å². The summed E-state index contributed by atoms with van der Waals surface area (Å²) in [6.07, 6.45) is 99.2. The second-order valence-electron chi connectivity index (χ2n) is 22.7. The highest BCUT2D eigenvalue weighted by molar-refractivity contribution is 5.71. The minimum atomic E-state index is -0.802. The zero-order valence-corrected chi connectivity index (χ0v) is 54.2. The Morgan fingerprint density at radius 1 is 0.253 bits per heavy atom. The van der Waals surface area contributed by atoms with E-state index < -0.39 is 6.10 Å². The molecule has 0 aliphatic carbocycles. The summed E-state index contributed by atoms with van der Waals surface area (Å²) in [5.74, 6) is -0.945. The SMILES string of the molecule is CC/C=C\C/C=C\C/C=C\C/C=C\C/C=C\C/C=C\C/C=C\C/C=C\C/C=C\C/C=C\CCCCC(=O)OCC(COC(=O)CCCCCCC/C=C\CCC)OC(=O)CCCCCCCCCCCCCCCCCCCCCCCC. The van der Waals surface area contributed by atoms with Gasteiger partial charge < -0.3 is 14.2 Å². The summed E-state index contributed by atoms with van der Waals surface area (Å²) in [6.45, 7) is 6.45. The summed E-state index contributed by atoms with van der Waals surface area (Å²) in [4.78, 5) is 38.3. The first-order valence-corrected chi connectivity index (χ1v) is 34.7. The van der Waals surface area contributed by atoms with E-state index in [1.807, 2.05) is 0 Å². The molecule has 6 nitrogen and oxygen atoms in total. The maximum atomic E-state index is 12.9. The first-order valence-electron chi connectivity index (χ1n) is 34.7. The highest BCUT2D eigenvalue weighted by Crippen LogP contribution is 2.17. The Morgan fingerprint density at radius 2 is 0.494 bits per heavy atom. The van der Waals surface area contributed by atoms with E-state index in [4.69, 9.17) is 14.2 Å². The van der Waals surface area contributed by atoms with Gasteiger partial charge in [-0.2, -0.15) is 0 Å². The van der Waals surface area contributed by atoms with Gasteiger partial charge >= 0.3 is 17.9 Å².